The van der Waals surface area contributed by atoms with E-state index >= 15 is 0 Å². The molecule has 0 unspecified atom stereocenters. The number of methoxy groups -OCH3 is 2. The van der Waals surface area contributed by atoms with Crippen molar-refractivity contribution in [1.29, 1.82) is 0 Å². The van der Waals surface area contributed by atoms with E-state index in [2.05, 4.69) is 24.4 Å². The van der Waals surface area contributed by atoms with Crippen molar-refractivity contribution >= 4 is 5.69 Å². The first-order valence-corrected chi connectivity index (χ1v) is 5.67. The van der Waals surface area contributed by atoms with E-state index in [1.54, 1.807) is 14.2 Å². The van der Waals surface area contributed by atoms with E-state index in [-0.39, 0.29) is 0 Å². The number of anilines is 1. The fraction of sp³-hybridized carbons (Fsp3) is 0.538. The van der Waals surface area contributed by atoms with Crippen molar-refractivity contribution in [3.8, 4) is 5.75 Å². The van der Waals surface area contributed by atoms with Gasteiger partial charge in [-0.15, -0.1) is 0 Å². The van der Waals surface area contributed by atoms with Crippen LogP contribution in [0.2, 0.25) is 0 Å². The normalized spacial score (nSPS) is 23.7. The molecule has 0 bridgehead atoms. The molecule has 3 heteroatoms. The molecule has 1 aliphatic rings. The van der Waals surface area contributed by atoms with Crippen molar-refractivity contribution in [3.05, 3.63) is 23.8 Å². The fourth-order valence-corrected chi connectivity index (χ4v) is 2.03. The summed E-state index contributed by atoms with van der Waals surface area (Å²) in [5.74, 6) is 0.909. The van der Waals surface area contributed by atoms with Crippen LogP contribution >= 0.6 is 0 Å². The van der Waals surface area contributed by atoms with Crippen molar-refractivity contribution in [2.75, 3.05) is 19.5 Å². The number of rotatable bonds is 4. The summed E-state index contributed by atoms with van der Waals surface area (Å²) in [6, 6.07) is 6.70. The zero-order valence-corrected chi connectivity index (χ0v) is 10.1. The molecule has 1 saturated carbocycles. The Kier molecular flexibility index (Phi) is 3.34. The summed E-state index contributed by atoms with van der Waals surface area (Å²) in [6.07, 6.45) is 2.58. The molecule has 0 saturated heterocycles. The molecule has 1 aliphatic carbocycles. The van der Waals surface area contributed by atoms with Crippen LogP contribution in [0.1, 0.15) is 18.4 Å². The number of hydrogen-bond donors (Lipinski definition) is 1. The van der Waals surface area contributed by atoms with Crippen LogP contribution in [-0.4, -0.2) is 26.4 Å². The van der Waals surface area contributed by atoms with Gasteiger partial charge in [0.15, 0.2) is 0 Å². The molecule has 88 valence electrons. The summed E-state index contributed by atoms with van der Waals surface area (Å²) in [5, 5.41) is 3.50. The highest BCUT2D eigenvalue weighted by atomic mass is 16.5. The Hall–Kier alpha value is -1.22. The highest BCUT2D eigenvalue weighted by Crippen LogP contribution is 2.31. The van der Waals surface area contributed by atoms with Crippen LogP contribution in [0.15, 0.2) is 18.2 Å². The molecule has 1 aromatic carbocycles. The zero-order valence-electron chi connectivity index (χ0n) is 10.1. The lowest BCUT2D eigenvalue weighted by atomic mass is 9.89. The van der Waals surface area contributed by atoms with E-state index in [0.29, 0.717) is 12.1 Å². The van der Waals surface area contributed by atoms with Crippen molar-refractivity contribution in [1.82, 2.24) is 0 Å². The Balaban J connectivity index is 2.01. The Morgan fingerprint density at radius 2 is 2.00 bits per heavy atom. The van der Waals surface area contributed by atoms with Gasteiger partial charge in [0.2, 0.25) is 0 Å². The van der Waals surface area contributed by atoms with E-state index in [1.165, 1.54) is 5.56 Å². The first-order chi connectivity index (χ1) is 7.72. The molecule has 2 rings (SSSR count). The third-order valence-electron chi connectivity index (χ3n) is 3.14. The third kappa shape index (κ3) is 2.30. The zero-order chi connectivity index (χ0) is 11.5. The van der Waals surface area contributed by atoms with Gasteiger partial charge in [-0.1, -0.05) is 6.07 Å². The van der Waals surface area contributed by atoms with Crippen LogP contribution in [0.3, 0.4) is 0 Å². The lowest BCUT2D eigenvalue weighted by Crippen LogP contribution is -2.40. The molecule has 0 heterocycles. The molecule has 0 aromatic heterocycles. The van der Waals surface area contributed by atoms with Gasteiger partial charge in [0.1, 0.15) is 5.75 Å². The summed E-state index contributed by atoms with van der Waals surface area (Å²) in [6.45, 7) is 2.09. The Labute approximate surface area is 96.8 Å². The molecular weight excluding hydrogens is 202 g/mol. The summed E-state index contributed by atoms with van der Waals surface area (Å²) < 4.78 is 10.6. The summed E-state index contributed by atoms with van der Waals surface area (Å²) in [5.41, 5.74) is 2.33. The molecule has 0 radical (unpaired) electrons. The summed E-state index contributed by atoms with van der Waals surface area (Å²) in [7, 11) is 3.47. The predicted molar refractivity (Wildman–Crippen MR) is 65.2 cm³/mol. The minimum absolute atomic E-state index is 0.424. The monoisotopic (exact) mass is 221 g/mol. The number of hydrogen-bond acceptors (Lipinski definition) is 3. The Morgan fingerprint density at radius 1 is 1.25 bits per heavy atom. The number of benzene rings is 1. The van der Waals surface area contributed by atoms with E-state index in [9.17, 15) is 0 Å². The van der Waals surface area contributed by atoms with Gasteiger partial charge in [-0.05, 0) is 37.5 Å². The summed E-state index contributed by atoms with van der Waals surface area (Å²) >= 11 is 0. The molecular formula is C13H19NO2. The maximum atomic E-state index is 5.33. The van der Waals surface area contributed by atoms with Crippen LogP contribution in [0.25, 0.3) is 0 Å². The second kappa shape index (κ2) is 4.74. The maximum Gasteiger partial charge on any atom is 0.141 e. The smallest absolute Gasteiger partial charge is 0.141 e. The van der Waals surface area contributed by atoms with Crippen LogP contribution in [-0.2, 0) is 4.74 Å². The van der Waals surface area contributed by atoms with E-state index in [0.717, 1.165) is 24.3 Å². The minimum Gasteiger partial charge on any atom is -0.495 e. The van der Waals surface area contributed by atoms with Crippen molar-refractivity contribution in [3.63, 3.8) is 0 Å². The van der Waals surface area contributed by atoms with Crippen molar-refractivity contribution in [2.24, 2.45) is 0 Å². The van der Waals surface area contributed by atoms with Crippen molar-refractivity contribution < 1.29 is 9.47 Å². The third-order valence-corrected chi connectivity index (χ3v) is 3.14. The van der Waals surface area contributed by atoms with Gasteiger partial charge >= 0.3 is 0 Å². The molecule has 0 atom stereocenters. The van der Waals surface area contributed by atoms with E-state index in [1.807, 2.05) is 6.07 Å². The van der Waals surface area contributed by atoms with Gasteiger partial charge in [0.25, 0.3) is 0 Å². The maximum absolute atomic E-state index is 5.33. The van der Waals surface area contributed by atoms with Crippen LogP contribution in [0, 0.1) is 6.92 Å². The van der Waals surface area contributed by atoms with Crippen LogP contribution in [0.5, 0.6) is 5.75 Å². The molecule has 0 spiro atoms. The highest BCUT2D eigenvalue weighted by molar-refractivity contribution is 5.58. The van der Waals surface area contributed by atoms with E-state index in [4.69, 9.17) is 9.47 Å². The van der Waals surface area contributed by atoms with Crippen LogP contribution in [0.4, 0.5) is 5.69 Å². The first-order valence-electron chi connectivity index (χ1n) is 5.67. The van der Waals surface area contributed by atoms with Gasteiger partial charge < -0.3 is 14.8 Å². The number of aryl methyl sites for hydroxylation is 1. The standard InChI is InChI=1S/C13H19NO2/c1-9-4-5-13(16-3)12(6-9)14-10-7-11(8-10)15-2/h4-6,10-11,14H,7-8H2,1-3H3. The number of nitrogens with one attached hydrogen (secondary N) is 1. The van der Waals surface area contributed by atoms with Gasteiger partial charge in [0.05, 0.1) is 18.9 Å². The summed E-state index contributed by atoms with van der Waals surface area (Å²) in [4.78, 5) is 0. The number of ether oxygens (including phenoxy) is 2. The fourth-order valence-electron chi connectivity index (χ4n) is 2.03. The second-order valence-corrected chi connectivity index (χ2v) is 4.37. The molecule has 1 aromatic rings. The van der Waals surface area contributed by atoms with Crippen molar-refractivity contribution in [2.45, 2.75) is 31.9 Å². The van der Waals surface area contributed by atoms with Crippen LogP contribution < -0.4 is 10.1 Å². The Bertz CT molecular complexity index is 359. The topological polar surface area (TPSA) is 30.5 Å². The molecule has 1 N–H and O–H groups in total. The lowest BCUT2D eigenvalue weighted by Gasteiger charge is -2.35. The quantitative estimate of drug-likeness (QED) is 0.847. The second-order valence-electron chi connectivity index (χ2n) is 4.37. The van der Waals surface area contributed by atoms with Gasteiger partial charge in [0, 0.05) is 13.2 Å². The predicted octanol–water partition coefficient (Wildman–Crippen LogP) is 2.59. The minimum atomic E-state index is 0.424. The van der Waals surface area contributed by atoms with Gasteiger partial charge in [-0.25, -0.2) is 0 Å². The molecule has 0 amide bonds. The molecule has 1 fully saturated rings. The first kappa shape index (κ1) is 11.3. The molecule has 0 aliphatic heterocycles. The highest BCUT2D eigenvalue weighted by Gasteiger charge is 2.29. The van der Waals surface area contributed by atoms with Gasteiger partial charge in [-0.2, -0.15) is 0 Å². The molecule has 16 heavy (non-hydrogen) atoms. The Morgan fingerprint density at radius 3 is 2.62 bits per heavy atom. The lowest BCUT2D eigenvalue weighted by molar-refractivity contribution is 0.0328. The molecule has 3 nitrogen and oxygen atoms in total. The average Bonchev–Trinajstić information content (AvgIpc) is 2.23. The van der Waals surface area contributed by atoms with E-state index < -0.39 is 0 Å². The SMILES string of the molecule is COc1ccc(C)cc1NC1CC(OC)C1. The largest absolute Gasteiger partial charge is 0.495 e. The van der Waals surface area contributed by atoms with Gasteiger partial charge in [-0.3, -0.25) is 0 Å². The average molecular weight is 221 g/mol.